The van der Waals surface area contributed by atoms with Crippen molar-refractivity contribution in [2.45, 2.75) is 24.7 Å². The Kier molecular flexibility index (Phi) is 4.44. The topological polar surface area (TPSA) is 72.3 Å². The number of alkyl halides is 3. The molecule has 1 saturated heterocycles. The summed E-state index contributed by atoms with van der Waals surface area (Å²) in [6, 6.07) is 7.61. The Hall–Kier alpha value is -3.14. The molecule has 1 saturated carbocycles. The van der Waals surface area contributed by atoms with Crippen LogP contribution in [0.4, 0.5) is 18.9 Å². The number of amides is 1. The van der Waals surface area contributed by atoms with E-state index in [9.17, 15) is 18.0 Å². The average Bonchev–Trinajstić information content (AvgIpc) is 3.12. The smallest absolute Gasteiger partial charge is 0.433 e. The van der Waals surface area contributed by atoms with Crippen molar-refractivity contribution in [3.05, 3.63) is 47.9 Å². The number of halogens is 3. The second-order valence-electron chi connectivity index (χ2n) is 8.05. The molecule has 1 aliphatic carbocycles. The van der Waals surface area contributed by atoms with Crippen molar-refractivity contribution in [2.24, 2.45) is 5.92 Å². The van der Waals surface area contributed by atoms with Crippen molar-refractivity contribution in [3.63, 3.8) is 0 Å². The van der Waals surface area contributed by atoms with Crippen LogP contribution in [0.1, 0.15) is 28.6 Å². The number of likely N-dealkylation sites (tertiary alicyclic amines) is 1. The Morgan fingerprint density at radius 1 is 1.26 bits per heavy atom. The van der Waals surface area contributed by atoms with Crippen LogP contribution in [0.15, 0.2) is 36.5 Å². The first-order chi connectivity index (χ1) is 14.7. The first-order valence-electron chi connectivity index (χ1n) is 9.87. The van der Waals surface area contributed by atoms with Gasteiger partial charge >= 0.3 is 6.18 Å². The van der Waals surface area contributed by atoms with Crippen molar-refractivity contribution in [1.29, 1.82) is 0 Å². The van der Waals surface area contributed by atoms with Gasteiger partial charge < -0.3 is 15.0 Å². The van der Waals surface area contributed by atoms with E-state index in [0.29, 0.717) is 29.4 Å². The summed E-state index contributed by atoms with van der Waals surface area (Å²) in [6.45, 7) is 1.06. The zero-order valence-corrected chi connectivity index (χ0v) is 16.8. The molecule has 7 nitrogen and oxygen atoms in total. The van der Waals surface area contributed by atoms with Crippen molar-refractivity contribution in [3.8, 4) is 5.75 Å². The van der Waals surface area contributed by atoms with Crippen LogP contribution in [0.25, 0.3) is 10.9 Å². The van der Waals surface area contributed by atoms with Gasteiger partial charge in [-0.2, -0.15) is 18.3 Å². The molecule has 0 bridgehead atoms. The monoisotopic (exact) mass is 431 g/mol. The number of pyridine rings is 1. The van der Waals surface area contributed by atoms with Gasteiger partial charge in [0.25, 0.3) is 5.91 Å². The lowest BCUT2D eigenvalue weighted by Gasteiger charge is -2.58. The lowest BCUT2D eigenvalue weighted by Crippen LogP contribution is -2.65. The first-order valence-corrected chi connectivity index (χ1v) is 9.87. The second-order valence-corrected chi connectivity index (χ2v) is 8.05. The van der Waals surface area contributed by atoms with Gasteiger partial charge in [0.05, 0.1) is 24.4 Å². The summed E-state index contributed by atoms with van der Waals surface area (Å²) in [5, 5.41) is 8.09. The maximum atomic E-state index is 12.9. The fourth-order valence-corrected chi connectivity index (χ4v) is 4.46. The number of anilines is 1. The number of nitrogens with one attached hydrogen (secondary N) is 1. The van der Waals surface area contributed by atoms with E-state index in [4.69, 9.17) is 4.74 Å². The minimum atomic E-state index is -4.63. The maximum Gasteiger partial charge on any atom is 0.433 e. The van der Waals surface area contributed by atoms with Crippen molar-refractivity contribution >= 4 is 22.5 Å². The number of carbonyl (C=O) groups excluding carboxylic acids is 1. The minimum absolute atomic E-state index is 0.331. The summed E-state index contributed by atoms with van der Waals surface area (Å²) in [6.07, 6.45) is -1.64. The van der Waals surface area contributed by atoms with Crippen LogP contribution >= 0.6 is 0 Å². The highest BCUT2D eigenvalue weighted by Gasteiger charge is 2.52. The molecule has 3 aromatic rings. The third-order valence-electron chi connectivity index (χ3n) is 6.24. The van der Waals surface area contributed by atoms with Gasteiger partial charge in [0.1, 0.15) is 17.1 Å². The predicted octanol–water partition coefficient (Wildman–Crippen LogP) is 3.59. The molecule has 2 fully saturated rings. The van der Waals surface area contributed by atoms with Crippen molar-refractivity contribution < 1.29 is 22.7 Å². The fourth-order valence-electron chi connectivity index (χ4n) is 4.46. The minimum Gasteiger partial charge on any atom is -0.494 e. The number of ether oxygens (including phenoxy) is 1. The zero-order valence-electron chi connectivity index (χ0n) is 16.8. The van der Waals surface area contributed by atoms with Gasteiger partial charge in [0.2, 0.25) is 0 Å². The largest absolute Gasteiger partial charge is 0.494 e. The molecule has 3 heterocycles. The fraction of sp³-hybridized carbons (Fsp3) is 0.381. The Labute approximate surface area is 175 Å². The van der Waals surface area contributed by atoms with Gasteiger partial charge in [-0.15, -0.1) is 0 Å². The van der Waals surface area contributed by atoms with Crippen LogP contribution in [0.3, 0.4) is 0 Å². The summed E-state index contributed by atoms with van der Waals surface area (Å²) in [5.74, 6) is 0.218. The van der Waals surface area contributed by atoms with Gasteiger partial charge in [-0.05, 0) is 31.7 Å². The first kappa shape index (κ1) is 19.8. The third kappa shape index (κ3) is 3.31. The van der Waals surface area contributed by atoms with Gasteiger partial charge in [-0.3, -0.25) is 9.48 Å². The quantitative estimate of drug-likeness (QED) is 0.684. The van der Waals surface area contributed by atoms with Gasteiger partial charge in [-0.1, -0.05) is 6.07 Å². The Balaban J connectivity index is 1.41. The van der Waals surface area contributed by atoms with Crippen LogP contribution in [-0.4, -0.2) is 52.3 Å². The summed E-state index contributed by atoms with van der Waals surface area (Å²) in [7, 11) is 3.58. The van der Waals surface area contributed by atoms with E-state index < -0.39 is 17.8 Å². The van der Waals surface area contributed by atoms with Crippen LogP contribution in [0.5, 0.6) is 5.75 Å². The number of benzene rings is 1. The van der Waals surface area contributed by atoms with Crippen LogP contribution in [0, 0.1) is 5.92 Å². The molecule has 10 heteroatoms. The molecule has 1 amide bonds. The number of fused-ring (bicyclic) bond motifs is 2. The molecule has 5 rings (SSSR count). The third-order valence-corrected chi connectivity index (χ3v) is 6.24. The molecule has 1 aliphatic heterocycles. The van der Waals surface area contributed by atoms with Gasteiger partial charge in [0, 0.05) is 36.2 Å². The summed E-state index contributed by atoms with van der Waals surface area (Å²) < 4.78 is 46.1. The maximum absolute atomic E-state index is 12.9. The molecule has 162 valence electrons. The number of carbonyl (C=O) groups is 1. The van der Waals surface area contributed by atoms with Crippen LogP contribution in [0.2, 0.25) is 0 Å². The van der Waals surface area contributed by atoms with Gasteiger partial charge in [0.15, 0.2) is 0 Å². The second kappa shape index (κ2) is 6.94. The molecule has 1 N–H and O–H groups in total. The molecule has 2 aliphatic rings. The molecule has 2 aromatic heterocycles. The number of nitrogens with zero attached hydrogens (tertiary/aromatic N) is 4. The molecule has 31 heavy (non-hydrogen) atoms. The summed E-state index contributed by atoms with van der Waals surface area (Å²) in [5.41, 5.74) is -0.386. The highest BCUT2D eigenvalue weighted by molar-refractivity contribution is 6.05. The molecule has 0 spiro atoms. The zero-order chi connectivity index (χ0) is 21.9. The number of rotatable bonds is 4. The van der Waals surface area contributed by atoms with Crippen LogP contribution < -0.4 is 10.1 Å². The standard InChI is InChI=1S/C21H20F3N5O2/c1-28-10-12-16(28)8-17(12)29-9-11-6-15(18(31-2)7-14(11)27-29)26-20(30)13-4-3-5-19(25-13)21(22,23)24/h3-7,9,12,16-17H,8,10H2,1-2H3,(H,26,30). The van der Waals surface area contributed by atoms with Gasteiger partial charge in [-0.25, -0.2) is 4.98 Å². The average molecular weight is 431 g/mol. The number of methoxy groups -OCH3 is 1. The highest BCUT2D eigenvalue weighted by Crippen LogP contribution is 2.48. The number of hydrogen-bond donors (Lipinski definition) is 1. The van der Waals surface area contributed by atoms with E-state index in [-0.39, 0.29) is 5.69 Å². The van der Waals surface area contributed by atoms with E-state index in [1.165, 1.54) is 13.2 Å². The van der Waals surface area contributed by atoms with E-state index in [0.717, 1.165) is 36.0 Å². The molecular formula is C21H20F3N5O2. The molecule has 1 aromatic carbocycles. The van der Waals surface area contributed by atoms with E-state index in [1.807, 2.05) is 10.9 Å². The molecule has 3 atom stereocenters. The number of piperidine rings is 1. The van der Waals surface area contributed by atoms with E-state index >= 15 is 0 Å². The SMILES string of the molecule is COc1cc2nn(C3CC4C3CN4C)cc2cc1NC(=O)c1cccc(C(F)(F)F)n1. The Morgan fingerprint density at radius 3 is 2.71 bits per heavy atom. The predicted molar refractivity (Wildman–Crippen MR) is 107 cm³/mol. The van der Waals surface area contributed by atoms with Crippen LogP contribution in [-0.2, 0) is 6.18 Å². The molecular weight excluding hydrogens is 411 g/mol. The van der Waals surface area contributed by atoms with E-state index in [1.54, 1.807) is 12.1 Å². The summed E-state index contributed by atoms with van der Waals surface area (Å²) in [4.78, 5) is 18.3. The van der Waals surface area contributed by atoms with Crippen molar-refractivity contribution in [2.75, 3.05) is 26.0 Å². The lowest BCUT2D eigenvalue weighted by molar-refractivity contribution is -0.141. The summed E-state index contributed by atoms with van der Waals surface area (Å²) >= 11 is 0. The molecule has 0 radical (unpaired) electrons. The Morgan fingerprint density at radius 2 is 2.06 bits per heavy atom. The normalized spacial score (nSPS) is 23.1. The molecule has 3 unspecified atom stereocenters. The number of aromatic nitrogens is 3. The Bertz CT molecular complexity index is 1180. The van der Waals surface area contributed by atoms with E-state index in [2.05, 4.69) is 27.3 Å². The van der Waals surface area contributed by atoms with Crippen molar-refractivity contribution in [1.82, 2.24) is 19.7 Å². The highest BCUT2D eigenvalue weighted by atomic mass is 19.4. The number of hydrogen-bond acceptors (Lipinski definition) is 5. The lowest BCUT2D eigenvalue weighted by atomic mass is 9.67.